The fraction of sp³-hybridized carbons (Fsp3) is 0.167. The predicted molar refractivity (Wildman–Crippen MR) is 95.0 cm³/mol. The molecular formula is C18H17N3O5. The quantitative estimate of drug-likeness (QED) is 0.164. The van der Waals surface area contributed by atoms with E-state index in [0.29, 0.717) is 30.2 Å². The monoisotopic (exact) mass is 355 g/mol. The highest BCUT2D eigenvalue weighted by atomic mass is 16.6. The average Bonchev–Trinajstić information content (AvgIpc) is 2.67. The Balaban J connectivity index is 1.80. The molecule has 8 nitrogen and oxygen atoms in total. The number of hydrogen-bond acceptors (Lipinski definition) is 7. The van der Waals surface area contributed by atoms with Crippen LogP contribution in [0.5, 0.6) is 5.75 Å². The van der Waals surface area contributed by atoms with E-state index in [9.17, 15) is 14.9 Å². The number of nitro groups is 1. The summed E-state index contributed by atoms with van der Waals surface area (Å²) in [5, 5.41) is 18.7. The van der Waals surface area contributed by atoms with Crippen LogP contribution in [0.4, 0.5) is 17.1 Å². The normalized spacial score (nSPS) is 10.5. The minimum Gasteiger partial charge on any atom is -0.493 e. The molecule has 0 atom stereocenters. The van der Waals surface area contributed by atoms with E-state index in [2.05, 4.69) is 16.8 Å². The van der Waals surface area contributed by atoms with Gasteiger partial charge >= 0.3 is 5.97 Å². The predicted octanol–water partition coefficient (Wildman–Crippen LogP) is 4.51. The van der Waals surface area contributed by atoms with E-state index in [1.807, 2.05) is 0 Å². The van der Waals surface area contributed by atoms with Crippen LogP contribution in [0, 0.1) is 10.1 Å². The molecule has 0 aliphatic carbocycles. The van der Waals surface area contributed by atoms with E-state index in [0.717, 1.165) is 6.08 Å². The number of carbonyl (C=O) groups excluding carboxylic acids is 1. The summed E-state index contributed by atoms with van der Waals surface area (Å²) in [5.74, 6) is 0.210. The topological polar surface area (TPSA) is 103 Å². The van der Waals surface area contributed by atoms with Gasteiger partial charge in [0.15, 0.2) is 0 Å². The van der Waals surface area contributed by atoms with Gasteiger partial charge in [0.05, 0.1) is 29.5 Å². The van der Waals surface area contributed by atoms with Crippen molar-refractivity contribution in [3.05, 3.63) is 71.3 Å². The fourth-order valence-corrected chi connectivity index (χ4v) is 1.85. The standard InChI is InChI=1S/C18H17N3O5/c1-2-18(22)26-13-3-12-25-17-10-6-15(7-11-17)20-19-14-4-8-16(9-5-14)21(23)24/h2,4-11H,1,3,12-13H2. The third-order valence-electron chi connectivity index (χ3n) is 3.15. The van der Waals surface area contributed by atoms with Gasteiger partial charge in [-0.05, 0) is 36.4 Å². The van der Waals surface area contributed by atoms with Gasteiger partial charge in [-0.1, -0.05) is 6.58 Å². The van der Waals surface area contributed by atoms with E-state index >= 15 is 0 Å². The highest BCUT2D eigenvalue weighted by Gasteiger charge is 2.03. The van der Waals surface area contributed by atoms with Crippen LogP contribution in [0.1, 0.15) is 6.42 Å². The molecule has 134 valence electrons. The van der Waals surface area contributed by atoms with E-state index in [1.54, 1.807) is 24.3 Å². The van der Waals surface area contributed by atoms with Crippen LogP contribution in [0.25, 0.3) is 0 Å². The molecule has 0 heterocycles. The summed E-state index contributed by atoms with van der Waals surface area (Å²) in [7, 11) is 0. The van der Waals surface area contributed by atoms with Crippen LogP contribution in [0.15, 0.2) is 71.4 Å². The number of nitro benzene ring substituents is 1. The second kappa shape index (κ2) is 9.67. The van der Waals surface area contributed by atoms with Gasteiger partial charge in [-0.15, -0.1) is 0 Å². The maximum Gasteiger partial charge on any atom is 0.330 e. The molecular weight excluding hydrogens is 338 g/mol. The van der Waals surface area contributed by atoms with Gasteiger partial charge in [-0.25, -0.2) is 4.79 Å². The third kappa shape index (κ3) is 6.16. The van der Waals surface area contributed by atoms with E-state index in [4.69, 9.17) is 9.47 Å². The number of benzene rings is 2. The molecule has 0 spiro atoms. The van der Waals surface area contributed by atoms with Crippen molar-refractivity contribution in [1.82, 2.24) is 0 Å². The van der Waals surface area contributed by atoms with Gasteiger partial charge in [0.2, 0.25) is 0 Å². The van der Waals surface area contributed by atoms with E-state index in [-0.39, 0.29) is 12.3 Å². The minimum atomic E-state index is -0.469. The summed E-state index contributed by atoms with van der Waals surface area (Å²) in [6.45, 7) is 3.99. The van der Waals surface area contributed by atoms with Crippen molar-refractivity contribution in [1.29, 1.82) is 0 Å². The average molecular weight is 355 g/mol. The Morgan fingerprint density at radius 1 is 1.04 bits per heavy atom. The number of azo groups is 1. The number of ether oxygens (including phenoxy) is 2. The molecule has 0 saturated heterocycles. The summed E-state index contributed by atoms with van der Waals surface area (Å²) >= 11 is 0. The third-order valence-corrected chi connectivity index (χ3v) is 3.15. The zero-order valence-corrected chi connectivity index (χ0v) is 13.9. The summed E-state index contributed by atoms with van der Waals surface area (Å²) in [4.78, 5) is 21.0. The lowest BCUT2D eigenvalue weighted by Gasteiger charge is -2.06. The molecule has 8 heteroatoms. The molecule has 0 unspecified atom stereocenters. The number of carbonyl (C=O) groups is 1. The molecule has 0 amide bonds. The Morgan fingerprint density at radius 3 is 2.15 bits per heavy atom. The Kier molecular flexibility index (Phi) is 6.99. The van der Waals surface area contributed by atoms with Crippen molar-refractivity contribution in [2.24, 2.45) is 10.2 Å². The Morgan fingerprint density at radius 2 is 1.62 bits per heavy atom. The fourth-order valence-electron chi connectivity index (χ4n) is 1.85. The molecule has 0 bridgehead atoms. The Hall–Kier alpha value is -3.55. The maximum absolute atomic E-state index is 10.9. The van der Waals surface area contributed by atoms with E-state index < -0.39 is 10.9 Å². The zero-order chi connectivity index (χ0) is 18.8. The minimum absolute atomic E-state index is 0.00436. The van der Waals surface area contributed by atoms with Gasteiger partial charge in [0.25, 0.3) is 5.69 Å². The van der Waals surface area contributed by atoms with Gasteiger partial charge in [-0.3, -0.25) is 10.1 Å². The Bertz CT molecular complexity index is 785. The first-order chi connectivity index (χ1) is 12.6. The Labute approximate surface area is 149 Å². The molecule has 26 heavy (non-hydrogen) atoms. The summed E-state index contributed by atoms with van der Waals surface area (Å²) in [5.41, 5.74) is 1.14. The first kappa shape index (κ1) is 18.8. The van der Waals surface area contributed by atoms with Crippen molar-refractivity contribution < 1.29 is 19.2 Å². The number of non-ortho nitro benzene ring substituents is 1. The smallest absolute Gasteiger partial charge is 0.330 e. The SMILES string of the molecule is C=CC(=O)OCCCOc1ccc(N=Nc2ccc([N+](=O)[O-])cc2)cc1. The van der Waals surface area contributed by atoms with Gasteiger partial charge < -0.3 is 9.47 Å². The van der Waals surface area contributed by atoms with Gasteiger partial charge in [0.1, 0.15) is 5.75 Å². The molecule has 0 aliphatic rings. The lowest BCUT2D eigenvalue weighted by atomic mass is 10.3. The number of esters is 1. The van der Waals surface area contributed by atoms with Crippen LogP contribution < -0.4 is 4.74 Å². The zero-order valence-electron chi connectivity index (χ0n) is 13.9. The number of rotatable bonds is 9. The molecule has 0 fully saturated rings. The molecule has 0 radical (unpaired) electrons. The molecule has 2 aromatic rings. The van der Waals surface area contributed by atoms with Crippen molar-refractivity contribution >= 4 is 23.0 Å². The number of nitrogens with zero attached hydrogens (tertiary/aromatic N) is 3. The van der Waals surface area contributed by atoms with Crippen LogP contribution in [0.2, 0.25) is 0 Å². The highest BCUT2D eigenvalue weighted by Crippen LogP contribution is 2.23. The van der Waals surface area contributed by atoms with Gasteiger partial charge in [-0.2, -0.15) is 10.2 Å². The van der Waals surface area contributed by atoms with E-state index in [1.165, 1.54) is 24.3 Å². The summed E-state index contributed by atoms with van der Waals surface area (Å²) in [6, 6.07) is 12.8. The number of hydrogen-bond donors (Lipinski definition) is 0. The highest BCUT2D eigenvalue weighted by molar-refractivity contribution is 5.81. The lowest BCUT2D eigenvalue weighted by molar-refractivity contribution is -0.384. The maximum atomic E-state index is 10.9. The van der Waals surface area contributed by atoms with Crippen molar-refractivity contribution in [2.45, 2.75) is 6.42 Å². The second-order valence-corrected chi connectivity index (χ2v) is 5.04. The first-order valence-corrected chi connectivity index (χ1v) is 7.77. The van der Waals surface area contributed by atoms with Gasteiger partial charge in [0, 0.05) is 24.6 Å². The second-order valence-electron chi connectivity index (χ2n) is 5.04. The van der Waals surface area contributed by atoms with Crippen molar-refractivity contribution in [2.75, 3.05) is 13.2 Å². The molecule has 0 saturated carbocycles. The summed E-state index contributed by atoms with van der Waals surface area (Å²) < 4.78 is 10.4. The molecule has 2 aromatic carbocycles. The van der Waals surface area contributed by atoms with Crippen LogP contribution in [-0.2, 0) is 9.53 Å². The molecule has 2 rings (SSSR count). The largest absolute Gasteiger partial charge is 0.493 e. The summed E-state index contributed by atoms with van der Waals surface area (Å²) in [6.07, 6.45) is 1.69. The molecule has 0 aromatic heterocycles. The molecule has 0 aliphatic heterocycles. The van der Waals surface area contributed by atoms with Crippen molar-refractivity contribution in [3.8, 4) is 5.75 Å². The van der Waals surface area contributed by atoms with Crippen LogP contribution in [-0.4, -0.2) is 24.1 Å². The molecule has 0 N–H and O–H groups in total. The lowest BCUT2D eigenvalue weighted by Crippen LogP contribution is -2.06. The van der Waals surface area contributed by atoms with Crippen molar-refractivity contribution in [3.63, 3.8) is 0 Å². The van der Waals surface area contributed by atoms with Crippen LogP contribution in [0.3, 0.4) is 0 Å². The first-order valence-electron chi connectivity index (χ1n) is 7.77. The van der Waals surface area contributed by atoms with Crippen LogP contribution >= 0.6 is 0 Å².